The number of benzene rings is 2. The Morgan fingerprint density at radius 3 is 2.38 bits per heavy atom. The highest BCUT2D eigenvalue weighted by atomic mass is 32.2. The third kappa shape index (κ3) is 4.30. The van der Waals surface area contributed by atoms with E-state index >= 15 is 0 Å². The Hall–Kier alpha value is -2.45. The van der Waals surface area contributed by atoms with Gasteiger partial charge >= 0.3 is 0 Å². The first-order valence-corrected chi connectivity index (χ1v) is 8.69. The third-order valence-electron chi connectivity index (χ3n) is 3.53. The fourth-order valence-corrected chi connectivity index (χ4v) is 3.33. The molecule has 0 aliphatic rings. The number of nitro benzene ring substituents is 1. The van der Waals surface area contributed by atoms with Crippen LogP contribution in [0.3, 0.4) is 0 Å². The maximum absolute atomic E-state index is 12.3. The summed E-state index contributed by atoms with van der Waals surface area (Å²) in [5.74, 6) is 0.625. The van der Waals surface area contributed by atoms with Crippen LogP contribution in [0.1, 0.15) is 11.1 Å². The molecule has 0 fully saturated rings. The molecule has 0 aliphatic carbocycles. The first-order valence-electron chi connectivity index (χ1n) is 7.21. The van der Waals surface area contributed by atoms with E-state index in [-0.39, 0.29) is 17.1 Å². The molecule has 128 valence electrons. The largest absolute Gasteiger partial charge is 0.496 e. The number of ether oxygens (including phenoxy) is 1. The predicted octanol–water partition coefficient (Wildman–Crippen LogP) is 2.43. The molecule has 2 rings (SSSR count). The zero-order valence-corrected chi connectivity index (χ0v) is 14.2. The van der Waals surface area contributed by atoms with Crippen molar-refractivity contribution in [2.24, 2.45) is 0 Å². The third-order valence-corrected chi connectivity index (χ3v) is 4.99. The molecule has 2 aromatic rings. The Morgan fingerprint density at radius 1 is 1.17 bits per heavy atom. The second-order valence-electron chi connectivity index (χ2n) is 5.20. The maximum atomic E-state index is 12.3. The molecule has 0 unspecified atom stereocenters. The highest BCUT2D eigenvalue weighted by Crippen LogP contribution is 2.21. The summed E-state index contributed by atoms with van der Waals surface area (Å²) < 4.78 is 32.2. The van der Waals surface area contributed by atoms with Crippen molar-refractivity contribution >= 4 is 15.7 Å². The van der Waals surface area contributed by atoms with Crippen LogP contribution in [-0.2, 0) is 16.4 Å². The second kappa shape index (κ2) is 7.41. The molecular formula is C16H18N2O5S. The molecule has 0 aliphatic heterocycles. The molecule has 0 bridgehead atoms. The van der Waals surface area contributed by atoms with Gasteiger partial charge in [-0.3, -0.25) is 10.1 Å². The molecule has 1 N–H and O–H groups in total. The highest BCUT2D eigenvalue weighted by molar-refractivity contribution is 7.89. The Labute approximate surface area is 140 Å². The van der Waals surface area contributed by atoms with Crippen LogP contribution in [0.5, 0.6) is 5.75 Å². The van der Waals surface area contributed by atoms with Crippen LogP contribution in [0.4, 0.5) is 5.69 Å². The molecule has 7 nitrogen and oxygen atoms in total. The Kier molecular flexibility index (Phi) is 5.53. The fraction of sp³-hybridized carbons (Fsp3) is 0.250. The van der Waals surface area contributed by atoms with Crippen LogP contribution in [0.15, 0.2) is 47.4 Å². The van der Waals surface area contributed by atoms with Crippen molar-refractivity contribution in [1.29, 1.82) is 0 Å². The number of non-ortho nitro benzene ring substituents is 1. The van der Waals surface area contributed by atoms with Gasteiger partial charge in [-0.25, -0.2) is 13.1 Å². The van der Waals surface area contributed by atoms with Gasteiger partial charge in [0.15, 0.2) is 0 Å². The van der Waals surface area contributed by atoms with E-state index in [0.717, 1.165) is 11.1 Å². The average Bonchev–Trinajstić information content (AvgIpc) is 2.55. The van der Waals surface area contributed by atoms with Crippen molar-refractivity contribution in [1.82, 2.24) is 4.72 Å². The number of nitrogens with zero attached hydrogens (tertiary/aromatic N) is 1. The lowest BCUT2D eigenvalue weighted by molar-refractivity contribution is -0.384. The lowest BCUT2D eigenvalue weighted by Gasteiger charge is -2.09. The molecular weight excluding hydrogens is 332 g/mol. The van der Waals surface area contributed by atoms with Crippen molar-refractivity contribution < 1.29 is 18.1 Å². The predicted molar refractivity (Wildman–Crippen MR) is 89.7 cm³/mol. The van der Waals surface area contributed by atoms with E-state index in [2.05, 4.69) is 4.72 Å². The van der Waals surface area contributed by atoms with Crippen LogP contribution in [0.25, 0.3) is 0 Å². The summed E-state index contributed by atoms with van der Waals surface area (Å²) in [6.07, 6.45) is 0.437. The Balaban J connectivity index is 2.00. The Morgan fingerprint density at radius 2 is 1.83 bits per heavy atom. The van der Waals surface area contributed by atoms with Crippen molar-refractivity contribution in [2.75, 3.05) is 13.7 Å². The monoisotopic (exact) mass is 350 g/mol. The average molecular weight is 350 g/mol. The summed E-state index contributed by atoms with van der Waals surface area (Å²) in [6, 6.07) is 10.7. The van der Waals surface area contributed by atoms with E-state index in [1.54, 1.807) is 31.2 Å². The number of hydrogen-bond acceptors (Lipinski definition) is 5. The molecule has 2 aromatic carbocycles. The van der Waals surface area contributed by atoms with Gasteiger partial charge in [0.05, 0.1) is 16.9 Å². The summed E-state index contributed by atoms with van der Waals surface area (Å²) in [5.41, 5.74) is 1.55. The summed E-state index contributed by atoms with van der Waals surface area (Å²) in [6.45, 7) is 1.97. The van der Waals surface area contributed by atoms with Crippen molar-refractivity contribution in [3.05, 3.63) is 63.7 Å². The van der Waals surface area contributed by atoms with Crippen LogP contribution in [0, 0.1) is 17.0 Å². The summed E-state index contributed by atoms with van der Waals surface area (Å²) in [7, 11) is -2.09. The number of nitrogens with one attached hydrogen (secondary N) is 1. The summed E-state index contributed by atoms with van der Waals surface area (Å²) in [4.78, 5) is 10.3. The van der Waals surface area contributed by atoms with Gasteiger partial charge in [0.2, 0.25) is 10.0 Å². The molecule has 0 radical (unpaired) electrons. The molecule has 0 heterocycles. The number of nitro groups is 1. The number of aryl methyl sites for hydroxylation is 1. The van der Waals surface area contributed by atoms with E-state index in [4.69, 9.17) is 4.74 Å². The number of sulfonamides is 1. The number of methoxy groups -OCH3 is 1. The summed E-state index contributed by atoms with van der Waals surface area (Å²) in [5, 5.41) is 10.6. The van der Waals surface area contributed by atoms with Gasteiger partial charge in [-0.1, -0.05) is 12.1 Å². The van der Waals surface area contributed by atoms with E-state index in [9.17, 15) is 18.5 Å². The van der Waals surface area contributed by atoms with Gasteiger partial charge in [-0.05, 0) is 42.7 Å². The first kappa shape index (κ1) is 17.9. The summed E-state index contributed by atoms with van der Waals surface area (Å²) >= 11 is 0. The van der Waals surface area contributed by atoms with Crippen molar-refractivity contribution in [2.45, 2.75) is 18.2 Å². The Bertz CT molecular complexity index is 832. The van der Waals surface area contributed by atoms with Gasteiger partial charge in [0.25, 0.3) is 5.69 Å². The van der Waals surface area contributed by atoms with Crippen LogP contribution < -0.4 is 9.46 Å². The zero-order valence-electron chi connectivity index (χ0n) is 13.4. The first-order chi connectivity index (χ1) is 11.3. The minimum absolute atomic E-state index is 0.00744. The quantitative estimate of drug-likeness (QED) is 0.611. The molecule has 0 spiro atoms. The molecule has 0 saturated heterocycles. The molecule has 0 atom stereocenters. The standard InChI is InChI=1S/C16H18N2O5S/c1-12-11-15(7-8-16(12)23-2)24(21,22)17-10-9-13-3-5-14(6-4-13)18(19)20/h3-8,11,17H,9-10H2,1-2H3. The molecule has 0 saturated carbocycles. The van der Waals surface area contributed by atoms with E-state index < -0.39 is 14.9 Å². The van der Waals surface area contributed by atoms with Gasteiger partial charge in [0.1, 0.15) is 5.75 Å². The van der Waals surface area contributed by atoms with Crippen molar-refractivity contribution in [3.8, 4) is 5.75 Å². The molecule has 0 amide bonds. The van der Waals surface area contributed by atoms with Gasteiger partial charge in [-0.15, -0.1) is 0 Å². The van der Waals surface area contributed by atoms with E-state index in [0.29, 0.717) is 12.2 Å². The zero-order chi connectivity index (χ0) is 17.7. The molecule has 8 heteroatoms. The van der Waals surface area contributed by atoms with Crippen LogP contribution in [-0.4, -0.2) is 27.0 Å². The van der Waals surface area contributed by atoms with Gasteiger partial charge < -0.3 is 4.74 Å². The normalized spacial score (nSPS) is 11.2. The molecule has 24 heavy (non-hydrogen) atoms. The maximum Gasteiger partial charge on any atom is 0.269 e. The van der Waals surface area contributed by atoms with E-state index in [1.165, 1.54) is 25.3 Å². The minimum atomic E-state index is -3.61. The smallest absolute Gasteiger partial charge is 0.269 e. The molecule has 0 aromatic heterocycles. The SMILES string of the molecule is COc1ccc(S(=O)(=O)NCCc2ccc([N+](=O)[O-])cc2)cc1C. The lowest BCUT2D eigenvalue weighted by atomic mass is 10.1. The lowest BCUT2D eigenvalue weighted by Crippen LogP contribution is -2.26. The van der Waals surface area contributed by atoms with Crippen LogP contribution in [0.2, 0.25) is 0 Å². The van der Waals surface area contributed by atoms with Gasteiger partial charge in [0, 0.05) is 18.7 Å². The van der Waals surface area contributed by atoms with E-state index in [1.807, 2.05) is 0 Å². The topological polar surface area (TPSA) is 98.5 Å². The minimum Gasteiger partial charge on any atom is -0.496 e. The fourth-order valence-electron chi connectivity index (χ4n) is 2.22. The number of hydrogen-bond donors (Lipinski definition) is 1. The van der Waals surface area contributed by atoms with Crippen LogP contribution >= 0.6 is 0 Å². The van der Waals surface area contributed by atoms with Crippen molar-refractivity contribution in [3.63, 3.8) is 0 Å². The van der Waals surface area contributed by atoms with Gasteiger partial charge in [-0.2, -0.15) is 0 Å². The second-order valence-corrected chi connectivity index (χ2v) is 6.97. The number of rotatable bonds is 7. The highest BCUT2D eigenvalue weighted by Gasteiger charge is 2.15.